The summed E-state index contributed by atoms with van der Waals surface area (Å²) in [5.74, 6) is 0.0123. The Morgan fingerprint density at radius 2 is 2.16 bits per heavy atom. The summed E-state index contributed by atoms with van der Waals surface area (Å²) in [6.07, 6.45) is 1.61. The monoisotopic (exact) mass is 257 g/mol. The first kappa shape index (κ1) is 13.0. The number of hydrogen-bond donors (Lipinski definition) is 1. The van der Waals surface area contributed by atoms with Gasteiger partial charge in [-0.2, -0.15) is 5.26 Å². The average molecular weight is 257 g/mol. The summed E-state index contributed by atoms with van der Waals surface area (Å²) in [5, 5.41) is 8.63. The van der Waals surface area contributed by atoms with Crippen molar-refractivity contribution in [3.63, 3.8) is 0 Å². The Bertz CT molecular complexity index is 618. The van der Waals surface area contributed by atoms with Crippen molar-refractivity contribution < 1.29 is 9.13 Å². The Morgan fingerprint density at radius 3 is 2.68 bits per heavy atom. The number of pyridine rings is 1. The van der Waals surface area contributed by atoms with E-state index in [-0.39, 0.29) is 17.4 Å². The fourth-order valence-corrected chi connectivity index (χ4v) is 1.49. The Kier molecular flexibility index (Phi) is 3.74. The van der Waals surface area contributed by atoms with Gasteiger partial charge in [-0.1, -0.05) is 6.07 Å². The van der Waals surface area contributed by atoms with Gasteiger partial charge in [0, 0.05) is 24.4 Å². The molecule has 2 rings (SSSR count). The van der Waals surface area contributed by atoms with Crippen LogP contribution in [0.15, 0.2) is 36.5 Å². The summed E-state index contributed by atoms with van der Waals surface area (Å²) < 4.78 is 18.8. The maximum Gasteiger partial charge on any atom is 0.219 e. The summed E-state index contributed by atoms with van der Waals surface area (Å²) >= 11 is 0. The van der Waals surface area contributed by atoms with Gasteiger partial charge in [-0.15, -0.1) is 0 Å². The average Bonchev–Trinajstić information content (AvgIpc) is 2.39. The Balaban J connectivity index is 2.17. The Hall–Kier alpha value is -2.45. The van der Waals surface area contributed by atoms with Crippen LogP contribution in [0.4, 0.5) is 4.39 Å². The first-order valence-electron chi connectivity index (χ1n) is 5.69. The van der Waals surface area contributed by atoms with Crippen LogP contribution in [0.5, 0.6) is 11.6 Å². The van der Waals surface area contributed by atoms with Crippen LogP contribution in [-0.4, -0.2) is 4.98 Å². The molecule has 1 aromatic carbocycles. The van der Waals surface area contributed by atoms with Gasteiger partial charge in [0.05, 0.1) is 5.56 Å². The molecule has 0 aliphatic carbocycles. The summed E-state index contributed by atoms with van der Waals surface area (Å²) in [6.45, 7) is 1.85. The first-order valence-corrected chi connectivity index (χ1v) is 5.69. The summed E-state index contributed by atoms with van der Waals surface area (Å²) in [6, 6.07) is 9.13. The Labute approximate surface area is 110 Å². The van der Waals surface area contributed by atoms with Crippen molar-refractivity contribution in [2.75, 3.05) is 0 Å². The zero-order valence-corrected chi connectivity index (χ0v) is 10.3. The van der Waals surface area contributed by atoms with E-state index in [1.165, 1.54) is 12.1 Å². The molecule has 1 unspecified atom stereocenters. The molecule has 5 heteroatoms. The molecule has 0 bridgehead atoms. The van der Waals surface area contributed by atoms with Crippen LogP contribution < -0.4 is 10.5 Å². The number of ether oxygens (including phenoxy) is 1. The number of benzene rings is 1. The normalized spacial score (nSPS) is 11.7. The Morgan fingerprint density at radius 1 is 1.37 bits per heavy atom. The molecular formula is C14H12FN3O. The number of nitriles is 1. The molecule has 19 heavy (non-hydrogen) atoms. The molecule has 0 spiro atoms. The van der Waals surface area contributed by atoms with Gasteiger partial charge in [0.15, 0.2) is 0 Å². The third-order valence-corrected chi connectivity index (χ3v) is 2.57. The smallest absolute Gasteiger partial charge is 0.219 e. The van der Waals surface area contributed by atoms with E-state index in [4.69, 9.17) is 15.7 Å². The number of rotatable bonds is 3. The molecule has 0 aliphatic heterocycles. The molecule has 1 heterocycles. The number of hydrogen-bond acceptors (Lipinski definition) is 4. The van der Waals surface area contributed by atoms with Gasteiger partial charge in [-0.25, -0.2) is 9.37 Å². The van der Waals surface area contributed by atoms with Gasteiger partial charge < -0.3 is 10.5 Å². The van der Waals surface area contributed by atoms with Crippen molar-refractivity contribution in [3.8, 4) is 17.7 Å². The molecule has 2 aromatic rings. The maximum atomic E-state index is 13.4. The number of nitrogens with zero attached hydrogens (tertiary/aromatic N) is 2. The second-order valence-electron chi connectivity index (χ2n) is 4.07. The van der Waals surface area contributed by atoms with E-state index in [0.717, 1.165) is 11.6 Å². The second-order valence-corrected chi connectivity index (χ2v) is 4.07. The minimum atomic E-state index is -0.618. The van der Waals surface area contributed by atoms with Crippen LogP contribution in [0.3, 0.4) is 0 Å². The summed E-state index contributed by atoms with van der Waals surface area (Å²) in [4.78, 5) is 4.08. The van der Waals surface area contributed by atoms with Crippen LogP contribution in [0, 0.1) is 17.1 Å². The lowest BCUT2D eigenvalue weighted by atomic mass is 10.2. The van der Waals surface area contributed by atoms with Gasteiger partial charge in [-0.3, -0.25) is 0 Å². The number of nitrogens with two attached hydrogens (primary N) is 1. The molecule has 1 atom stereocenters. The third-order valence-electron chi connectivity index (χ3n) is 2.57. The lowest BCUT2D eigenvalue weighted by Gasteiger charge is -2.07. The van der Waals surface area contributed by atoms with Gasteiger partial charge >= 0.3 is 0 Å². The lowest BCUT2D eigenvalue weighted by Crippen LogP contribution is -2.05. The van der Waals surface area contributed by atoms with E-state index in [9.17, 15) is 4.39 Å². The van der Waals surface area contributed by atoms with E-state index in [1.807, 2.05) is 6.92 Å². The third kappa shape index (κ3) is 3.06. The van der Waals surface area contributed by atoms with Gasteiger partial charge in [0.2, 0.25) is 5.88 Å². The van der Waals surface area contributed by atoms with Crippen molar-refractivity contribution in [2.45, 2.75) is 13.0 Å². The zero-order chi connectivity index (χ0) is 13.8. The summed E-state index contributed by atoms with van der Waals surface area (Å²) in [5.41, 5.74) is 6.57. The van der Waals surface area contributed by atoms with E-state index >= 15 is 0 Å². The zero-order valence-electron chi connectivity index (χ0n) is 10.3. The van der Waals surface area contributed by atoms with E-state index in [1.54, 1.807) is 24.4 Å². The van der Waals surface area contributed by atoms with Crippen LogP contribution >= 0.6 is 0 Å². The van der Waals surface area contributed by atoms with Crippen LogP contribution in [-0.2, 0) is 0 Å². The minimum absolute atomic E-state index is 0.0207. The quantitative estimate of drug-likeness (QED) is 0.917. The molecule has 2 N–H and O–H groups in total. The molecule has 0 amide bonds. The van der Waals surface area contributed by atoms with Crippen LogP contribution in [0.2, 0.25) is 0 Å². The highest BCUT2D eigenvalue weighted by Crippen LogP contribution is 2.22. The summed E-state index contributed by atoms with van der Waals surface area (Å²) in [7, 11) is 0. The second kappa shape index (κ2) is 5.46. The molecule has 0 saturated carbocycles. The molecule has 0 fully saturated rings. The molecule has 4 nitrogen and oxygen atoms in total. The minimum Gasteiger partial charge on any atom is -0.439 e. The topological polar surface area (TPSA) is 71.9 Å². The number of halogens is 1. The fourth-order valence-electron chi connectivity index (χ4n) is 1.49. The molecule has 1 aromatic heterocycles. The first-order chi connectivity index (χ1) is 9.10. The van der Waals surface area contributed by atoms with E-state index < -0.39 is 5.82 Å². The fraction of sp³-hybridized carbons (Fsp3) is 0.143. The van der Waals surface area contributed by atoms with E-state index in [0.29, 0.717) is 5.88 Å². The van der Waals surface area contributed by atoms with E-state index in [2.05, 4.69) is 4.98 Å². The van der Waals surface area contributed by atoms with Crippen molar-refractivity contribution in [2.24, 2.45) is 5.73 Å². The highest BCUT2D eigenvalue weighted by molar-refractivity contribution is 5.37. The standard InChI is InChI=1S/C14H12FN3O/c1-9(17)11-3-5-14(18-8-11)19-12-4-2-10(7-16)13(15)6-12/h2-6,8-9H,17H2,1H3. The molecule has 0 aliphatic rings. The highest BCUT2D eigenvalue weighted by Gasteiger charge is 2.06. The lowest BCUT2D eigenvalue weighted by molar-refractivity contribution is 0.457. The molecular weight excluding hydrogens is 245 g/mol. The van der Waals surface area contributed by atoms with Crippen molar-refractivity contribution in [1.29, 1.82) is 5.26 Å². The van der Waals surface area contributed by atoms with Crippen molar-refractivity contribution in [3.05, 3.63) is 53.5 Å². The van der Waals surface area contributed by atoms with Gasteiger partial charge in [0.1, 0.15) is 17.6 Å². The molecule has 0 radical (unpaired) electrons. The van der Waals surface area contributed by atoms with Crippen LogP contribution in [0.25, 0.3) is 0 Å². The van der Waals surface area contributed by atoms with Crippen molar-refractivity contribution >= 4 is 0 Å². The number of aromatic nitrogens is 1. The predicted molar refractivity (Wildman–Crippen MR) is 68.0 cm³/mol. The molecule has 0 saturated heterocycles. The van der Waals surface area contributed by atoms with Crippen LogP contribution in [0.1, 0.15) is 24.1 Å². The highest BCUT2D eigenvalue weighted by atomic mass is 19.1. The van der Waals surface area contributed by atoms with Crippen molar-refractivity contribution in [1.82, 2.24) is 4.98 Å². The molecule has 96 valence electrons. The van der Waals surface area contributed by atoms with Gasteiger partial charge in [0.25, 0.3) is 0 Å². The predicted octanol–water partition coefficient (Wildman–Crippen LogP) is 2.90. The SMILES string of the molecule is CC(N)c1ccc(Oc2ccc(C#N)c(F)c2)nc1. The largest absolute Gasteiger partial charge is 0.439 e. The maximum absolute atomic E-state index is 13.4. The van der Waals surface area contributed by atoms with Gasteiger partial charge in [-0.05, 0) is 24.6 Å².